The molecule has 186 valence electrons. The standard InChI is InChI=1S/C27H28N4O5/c1-29-19-21(18-28-29)9-6-16-36-23-17-25(33)31-15-14-30(13-12-22(31)26(23)27(34)35-2)24(32)11-10-20-7-4-3-5-8-20/h3-5,7-8,17-19H,6,9,12-16H2,1-2H3. The molecule has 0 aliphatic carbocycles. The molecule has 4 rings (SSSR count). The minimum absolute atomic E-state index is 0.202. The average molecular weight is 489 g/mol. The zero-order chi connectivity index (χ0) is 25.5. The number of nitrogens with zero attached hydrogens (tertiary/aromatic N) is 4. The Bertz CT molecular complexity index is 1360. The molecule has 3 aromatic rings. The molecular formula is C27H28N4O5. The van der Waals surface area contributed by atoms with Crippen molar-refractivity contribution in [3.05, 3.63) is 81.5 Å². The molecule has 0 unspecified atom stereocenters. The Balaban J connectivity index is 1.50. The summed E-state index contributed by atoms with van der Waals surface area (Å²) in [6.45, 7) is 1.19. The third-order valence-electron chi connectivity index (χ3n) is 5.98. The van der Waals surface area contributed by atoms with E-state index in [1.807, 2.05) is 43.6 Å². The summed E-state index contributed by atoms with van der Waals surface area (Å²) in [7, 11) is 3.15. The smallest absolute Gasteiger partial charge is 0.343 e. The van der Waals surface area contributed by atoms with Crippen molar-refractivity contribution in [2.75, 3.05) is 26.8 Å². The molecule has 0 saturated heterocycles. The number of rotatable bonds is 6. The lowest BCUT2D eigenvalue weighted by atomic mass is 10.1. The van der Waals surface area contributed by atoms with Crippen LogP contribution in [0, 0.1) is 11.8 Å². The molecule has 0 fully saturated rings. The van der Waals surface area contributed by atoms with Crippen LogP contribution >= 0.6 is 0 Å². The molecule has 0 spiro atoms. The van der Waals surface area contributed by atoms with E-state index in [1.54, 1.807) is 15.8 Å². The molecule has 0 N–H and O–H groups in total. The fourth-order valence-electron chi connectivity index (χ4n) is 4.17. The van der Waals surface area contributed by atoms with Crippen LogP contribution in [-0.4, -0.2) is 57.9 Å². The first-order chi connectivity index (χ1) is 17.5. The molecule has 9 nitrogen and oxygen atoms in total. The molecular weight excluding hydrogens is 460 g/mol. The number of aromatic nitrogens is 3. The van der Waals surface area contributed by atoms with Gasteiger partial charge in [0.05, 0.1) is 19.9 Å². The second-order valence-electron chi connectivity index (χ2n) is 8.44. The minimum atomic E-state index is -0.579. The van der Waals surface area contributed by atoms with Crippen molar-refractivity contribution in [1.29, 1.82) is 0 Å². The monoisotopic (exact) mass is 488 g/mol. The van der Waals surface area contributed by atoms with E-state index in [4.69, 9.17) is 9.47 Å². The van der Waals surface area contributed by atoms with Crippen LogP contribution in [0.5, 0.6) is 5.75 Å². The summed E-state index contributed by atoms with van der Waals surface area (Å²) < 4.78 is 14.2. The summed E-state index contributed by atoms with van der Waals surface area (Å²) in [5.74, 6) is 4.84. The van der Waals surface area contributed by atoms with E-state index >= 15 is 0 Å². The van der Waals surface area contributed by atoms with Crippen LogP contribution < -0.4 is 10.3 Å². The molecule has 36 heavy (non-hydrogen) atoms. The van der Waals surface area contributed by atoms with Gasteiger partial charge in [-0.05, 0) is 30.5 Å². The summed E-state index contributed by atoms with van der Waals surface area (Å²) in [5.41, 5.74) is 2.27. The average Bonchev–Trinajstić information content (AvgIpc) is 3.17. The quantitative estimate of drug-likeness (QED) is 0.298. The van der Waals surface area contributed by atoms with Gasteiger partial charge in [-0.2, -0.15) is 5.10 Å². The van der Waals surface area contributed by atoms with Gasteiger partial charge in [0, 0.05) is 62.5 Å². The zero-order valence-corrected chi connectivity index (χ0v) is 20.4. The first-order valence-electron chi connectivity index (χ1n) is 11.8. The fourth-order valence-corrected chi connectivity index (χ4v) is 4.17. The lowest BCUT2D eigenvalue weighted by Crippen LogP contribution is -2.33. The van der Waals surface area contributed by atoms with Crippen LogP contribution in [-0.2, 0) is 36.0 Å². The molecule has 0 saturated carbocycles. The second kappa shape index (κ2) is 11.4. The van der Waals surface area contributed by atoms with Crippen molar-refractivity contribution in [3.63, 3.8) is 0 Å². The van der Waals surface area contributed by atoms with Crippen molar-refractivity contribution in [1.82, 2.24) is 19.2 Å². The first kappa shape index (κ1) is 24.8. The van der Waals surface area contributed by atoms with Gasteiger partial charge in [-0.3, -0.25) is 14.3 Å². The molecule has 0 atom stereocenters. The molecule has 3 heterocycles. The van der Waals surface area contributed by atoms with Crippen LogP contribution in [0.1, 0.15) is 33.6 Å². The van der Waals surface area contributed by atoms with Crippen molar-refractivity contribution in [2.45, 2.75) is 25.8 Å². The van der Waals surface area contributed by atoms with Crippen LogP contribution in [0.25, 0.3) is 0 Å². The van der Waals surface area contributed by atoms with Gasteiger partial charge in [0.15, 0.2) is 0 Å². The van der Waals surface area contributed by atoms with Crippen molar-refractivity contribution in [3.8, 4) is 17.6 Å². The number of benzene rings is 1. The summed E-state index contributed by atoms with van der Waals surface area (Å²) in [6.07, 6.45) is 5.47. The van der Waals surface area contributed by atoms with E-state index in [0.717, 1.165) is 17.5 Å². The largest absolute Gasteiger partial charge is 0.492 e. The molecule has 1 amide bonds. The van der Waals surface area contributed by atoms with E-state index in [0.29, 0.717) is 38.2 Å². The Morgan fingerprint density at radius 2 is 1.94 bits per heavy atom. The van der Waals surface area contributed by atoms with E-state index in [2.05, 4.69) is 16.9 Å². The second-order valence-corrected chi connectivity index (χ2v) is 8.44. The first-order valence-corrected chi connectivity index (χ1v) is 11.8. The predicted molar refractivity (Wildman–Crippen MR) is 133 cm³/mol. The molecule has 0 radical (unpaired) electrons. The lowest BCUT2D eigenvalue weighted by Gasteiger charge is -2.17. The predicted octanol–water partition coefficient (Wildman–Crippen LogP) is 1.82. The molecule has 2 aromatic heterocycles. The number of amides is 1. The Labute approximate surface area is 209 Å². The number of hydrogen-bond acceptors (Lipinski definition) is 6. The third kappa shape index (κ3) is 5.84. The normalized spacial score (nSPS) is 12.7. The molecule has 9 heteroatoms. The Hall–Kier alpha value is -4.32. The van der Waals surface area contributed by atoms with Crippen molar-refractivity contribution in [2.24, 2.45) is 7.05 Å². The molecule has 1 aromatic carbocycles. The molecule has 0 bridgehead atoms. The van der Waals surface area contributed by atoms with Crippen LogP contribution in [0.4, 0.5) is 0 Å². The Morgan fingerprint density at radius 3 is 2.67 bits per heavy atom. The van der Waals surface area contributed by atoms with Gasteiger partial charge in [0.1, 0.15) is 11.3 Å². The summed E-state index contributed by atoms with van der Waals surface area (Å²) in [5, 5.41) is 4.15. The van der Waals surface area contributed by atoms with Crippen LogP contribution in [0.15, 0.2) is 53.6 Å². The Kier molecular flexibility index (Phi) is 7.85. The van der Waals surface area contributed by atoms with E-state index in [9.17, 15) is 14.4 Å². The molecule has 1 aliphatic heterocycles. The lowest BCUT2D eigenvalue weighted by molar-refractivity contribution is -0.125. The van der Waals surface area contributed by atoms with Gasteiger partial charge < -0.3 is 18.9 Å². The number of aryl methyl sites for hydroxylation is 2. The molecule has 1 aliphatic rings. The maximum absolute atomic E-state index is 12.9. The van der Waals surface area contributed by atoms with Gasteiger partial charge in [0.2, 0.25) is 0 Å². The van der Waals surface area contributed by atoms with Gasteiger partial charge in [-0.25, -0.2) is 4.79 Å². The number of carbonyl (C=O) groups is 2. The summed E-state index contributed by atoms with van der Waals surface area (Å²) in [4.78, 5) is 40.0. The fraction of sp³-hybridized carbons (Fsp3) is 0.333. The van der Waals surface area contributed by atoms with E-state index < -0.39 is 5.97 Å². The van der Waals surface area contributed by atoms with Gasteiger partial charge in [-0.15, -0.1) is 0 Å². The van der Waals surface area contributed by atoms with Gasteiger partial charge in [-0.1, -0.05) is 24.1 Å². The number of hydrogen-bond donors (Lipinski definition) is 0. The SMILES string of the molecule is COC(=O)c1c(OCCCc2cnn(C)c2)cc(=O)n2c1CCN(C(=O)C#Cc1ccccc1)CC2. The van der Waals surface area contributed by atoms with Crippen LogP contribution in [0.2, 0.25) is 0 Å². The van der Waals surface area contributed by atoms with Gasteiger partial charge >= 0.3 is 5.97 Å². The van der Waals surface area contributed by atoms with Crippen molar-refractivity contribution < 1.29 is 19.1 Å². The number of fused-ring (bicyclic) bond motifs is 1. The van der Waals surface area contributed by atoms with E-state index in [-0.39, 0.29) is 29.3 Å². The highest BCUT2D eigenvalue weighted by Gasteiger charge is 2.27. The number of ether oxygens (including phenoxy) is 2. The summed E-state index contributed by atoms with van der Waals surface area (Å²) in [6, 6.07) is 10.6. The zero-order valence-electron chi connectivity index (χ0n) is 20.4. The van der Waals surface area contributed by atoms with Gasteiger partial charge in [0.25, 0.3) is 11.5 Å². The summed E-state index contributed by atoms with van der Waals surface area (Å²) >= 11 is 0. The van der Waals surface area contributed by atoms with E-state index in [1.165, 1.54) is 17.7 Å². The number of esters is 1. The highest BCUT2D eigenvalue weighted by Crippen LogP contribution is 2.24. The number of methoxy groups -OCH3 is 1. The number of pyridine rings is 1. The topological polar surface area (TPSA) is 95.7 Å². The van der Waals surface area contributed by atoms with Crippen molar-refractivity contribution >= 4 is 11.9 Å². The highest BCUT2D eigenvalue weighted by atomic mass is 16.5. The maximum Gasteiger partial charge on any atom is 0.343 e. The van der Waals surface area contributed by atoms with Crippen LogP contribution in [0.3, 0.4) is 0 Å². The Morgan fingerprint density at radius 1 is 1.14 bits per heavy atom. The third-order valence-corrected chi connectivity index (χ3v) is 5.98. The highest BCUT2D eigenvalue weighted by molar-refractivity contribution is 5.95. The minimum Gasteiger partial charge on any atom is -0.492 e. The number of carbonyl (C=O) groups excluding carboxylic acids is 2. The maximum atomic E-state index is 12.9.